The van der Waals surface area contributed by atoms with E-state index in [1.54, 1.807) is 6.07 Å². The molecule has 1 saturated carbocycles. The molecule has 1 saturated heterocycles. The highest BCUT2D eigenvalue weighted by atomic mass is 19.4. The van der Waals surface area contributed by atoms with E-state index in [4.69, 9.17) is 0 Å². The molecule has 0 aromatic heterocycles. The number of aliphatic hydroxyl groups excluding tert-OH is 1. The highest BCUT2D eigenvalue weighted by molar-refractivity contribution is 5.25. The number of aliphatic hydroxyl groups is 1. The van der Waals surface area contributed by atoms with Gasteiger partial charge in [-0.15, -0.1) is 0 Å². The Morgan fingerprint density at radius 2 is 2.00 bits per heavy atom. The smallest absolute Gasteiger partial charge is 0.393 e. The van der Waals surface area contributed by atoms with Crippen molar-refractivity contribution in [1.29, 1.82) is 0 Å². The van der Waals surface area contributed by atoms with E-state index in [1.807, 2.05) is 0 Å². The van der Waals surface area contributed by atoms with Gasteiger partial charge in [0.05, 0.1) is 11.7 Å². The van der Waals surface area contributed by atoms with Gasteiger partial charge in [-0.2, -0.15) is 13.2 Å². The summed E-state index contributed by atoms with van der Waals surface area (Å²) in [4.78, 5) is 2.16. The van der Waals surface area contributed by atoms with Crippen molar-refractivity contribution >= 4 is 0 Å². The number of fused-ring (bicyclic) bond motifs is 1. The summed E-state index contributed by atoms with van der Waals surface area (Å²) in [6.07, 6.45) is -2.61. The zero-order valence-electron chi connectivity index (χ0n) is 11.1. The van der Waals surface area contributed by atoms with Crippen LogP contribution in [-0.4, -0.2) is 29.2 Å². The first-order valence-electron chi connectivity index (χ1n) is 7.00. The average molecular weight is 285 g/mol. The number of nitrogens with zero attached hydrogens (tertiary/aromatic N) is 1. The van der Waals surface area contributed by atoms with E-state index in [0.717, 1.165) is 32.0 Å². The van der Waals surface area contributed by atoms with Gasteiger partial charge in [0.2, 0.25) is 0 Å². The Kier molecular flexibility index (Phi) is 3.50. The minimum atomic E-state index is -4.28. The molecule has 20 heavy (non-hydrogen) atoms. The molecule has 0 unspecified atom stereocenters. The number of rotatable bonds is 2. The molecule has 3 rings (SSSR count). The van der Waals surface area contributed by atoms with Gasteiger partial charge in [-0.1, -0.05) is 18.2 Å². The minimum absolute atomic E-state index is 0.230. The van der Waals surface area contributed by atoms with Crippen LogP contribution < -0.4 is 0 Å². The molecular formula is C15H18F3NO. The maximum absolute atomic E-state index is 12.7. The first-order valence-corrected chi connectivity index (χ1v) is 7.00. The summed E-state index contributed by atoms with van der Waals surface area (Å²) >= 11 is 0. The summed E-state index contributed by atoms with van der Waals surface area (Å²) in [5, 5.41) is 9.86. The molecule has 1 aliphatic carbocycles. The van der Waals surface area contributed by atoms with Crippen molar-refractivity contribution in [3.63, 3.8) is 0 Å². The third-order valence-electron chi connectivity index (χ3n) is 4.56. The van der Waals surface area contributed by atoms with Crippen LogP contribution in [0.2, 0.25) is 0 Å². The van der Waals surface area contributed by atoms with Crippen LogP contribution in [0.5, 0.6) is 0 Å². The molecular weight excluding hydrogens is 267 g/mol. The molecule has 0 radical (unpaired) electrons. The molecule has 2 aliphatic rings. The lowest BCUT2D eigenvalue weighted by Crippen LogP contribution is -2.24. The van der Waals surface area contributed by atoms with Crippen LogP contribution in [0.1, 0.15) is 24.0 Å². The molecule has 2 fully saturated rings. The van der Waals surface area contributed by atoms with Crippen molar-refractivity contribution in [2.75, 3.05) is 13.1 Å². The fourth-order valence-electron chi connectivity index (χ4n) is 3.56. The Morgan fingerprint density at radius 3 is 2.70 bits per heavy atom. The fraction of sp³-hybridized carbons (Fsp3) is 0.600. The van der Waals surface area contributed by atoms with Gasteiger partial charge in [-0.3, -0.25) is 4.90 Å². The predicted molar refractivity (Wildman–Crippen MR) is 68.9 cm³/mol. The van der Waals surface area contributed by atoms with Gasteiger partial charge in [0.1, 0.15) is 0 Å². The molecule has 0 spiro atoms. The van der Waals surface area contributed by atoms with Crippen LogP contribution in [0.25, 0.3) is 0 Å². The van der Waals surface area contributed by atoms with Crippen LogP contribution >= 0.6 is 0 Å². The molecule has 1 aliphatic heterocycles. The van der Waals surface area contributed by atoms with Crippen LogP contribution in [-0.2, 0) is 12.7 Å². The summed E-state index contributed by atoms with van der Waals surface area (Å²) in [5.74, 6) is 0.816. The Morgan fingerprint density at radius 1 is 1.20 bits per heavy atom. The summed E-state index contributed by atoms with van der Waals surface area (Å²) in [5.41, 5.74) is 0.101. The number of hydrogen-bond donors (Lipinski definition) is 1. The summed E-state index contributed by atoms with van der Waals surface area (Å²) in [7, 11) is 0. The van der Waals surface area contributed by atoms with Crippen LogP contribution in [0.3, 0.4) is 0 Å². The van der Waals surface area contributed by atoms with Gasteiger partial charge in [-0.05, 0) is 30.4 Å². The summed E-state index contributed by atoms with van der Waals surface area (Å²) in [6, 6.07) is 5.53. The molecule has 1 aromatic rings. The monoisotopic (exact) mass is 285 g/mol. The molecule has 0 amide bonds. The van der Waals surface area contributed by atoms with E-state index in [0.29, 0.717) is 23.9 Å². The molecule has 1 aromatic carbocycles. The van der Waals surface area contributed by atoms with E-state index in [2.05, 4.69) is 4.90 Å². The van der Waals surface area contributed by atoms with E-state index in [1.165, 1.54) is 12.1 Å². The van der Waals surface area contributed by atoms with Gasteiger partial charge < -0.3 is 5.11 Å². The number of benzene rings is 1. The second kappa shape index (κ2) is 5.04. The highest BCUT2D eigenvalue weighted by Crippen LogP contribution is 2.38. The van der Waals surface area contributed by atoms with E-state index in [-0.39, 0.29) is 6.10 Å². The molecule has 1 N–H and O–H groups in total. The second-order valence-electron chi connectivity index (χ2n) is 5.96. The number of halogens is 3. The normalized spacial score (nSPS) is 30.7. The average Bonchev–Trinajstić information content (AvgIpc) is 2.91. The SMILES string of the molecule is O[C@H]1CC[C@H]2CN(Cc3cccc(C(F)(F)F)c3)C[C@H]21. The first-order chi connectivity index (χ1) is 9.43. The molecule has 5 heteroatoms. The lowest BCUT2D eigenvalue weighted by molar-refractivity contribution is -0.137. The quantitative estimate of drug-likeness (QED) is 0.903. The van der Waals surface area contributed by atoms with E-state index < -0.39 is 11.7 Å². The maximum Gasteiger partial charge on any atom is 0.416 e. The van der Waals surface area contributed by atoms with Crippen molar-refractivity contribution in [2.45, 2.75) is 31.7 Å². The number of likely N-dealkylation sites (tertiary alicyclic amines) is 1. The van der Waals surface area contributed by atoms with Gasteiger partial charge in [0.15, 0.2) is 0 Å². The third-order valence-corrected chi connectivity index (χ3v) is 4.56. The zero-order valence-corrected chi connectivity index (χ0v) is 11.1. The number of hydrogen-bond acceptors (Lipinski definition) is 2. The van der Waals surface area contributed by atoms with Crippen LogP contribution in [0.15, 0.2) is 24.3 Å². The van der Waals surface area contributed by atoms with Crippen molar-refractivity contribution < 1.29 is 18.3 Å². The third kappa shape index (κ3) is 2.69. The number of alkyl halides is 3. The second-order valence-corrected chi connectivity index (χ2v) is 5.96. The van der Waals surface area contributed by atoms with Crippen molar-refractivity contribution in [2.24, 2.45) is 11.8 Å². The van der Waals surface area contributed by atoms with Crippen molar-refractivity contribution in [3.05, 3.63) is 35.4 Å². The Labute approximate surface area is 116 Å². The predicted octanol–water partition coefficient (Wildman–Crippen LogP) is 2.91. The summed E-state index contributed by atoms with van der Waals surface area (Å²) < 4.78 is 38.0. The van der Waals surface area contributed by atoms with Gasteiger partial charge in [0.25, 0.3) is 0 Å². The van der Waals surface area contributed by atoms with Gasteiger partial charge >= 0.3 is 6.18 Å². The molecule has 0 bridgehead atoms. The van der Waals surface area contributed by atoms with Gasteiger partial charge in [0, 0.05) is 25.6 Å². The highest BCUT2D eigenvalue weighted by Gasteiger charge is 2.41. The molecule has 3 atom stereocenters. The zero-order chi connectivity index (χ0) is 14.3. The van der Waals surface area contributed by atoms with Crippen LogP contribution in [0, 0.1) is 11.8 Å². The van der Waals surface area contributed by atoms with Crippen LogP contribution in [0.4, 0.5) is 13.2 Å². The minimum Gasteiger partial charge on any atom is -0.393 e. The lowest BCUT2D eigenvalue weighted by atomic mass is 10.00. The Balaban J connectivity index is 1.67. The first kappa shape index (κ1) is 13.9. The molecule has 110 valence electrons. The standard InChI is InChI=1S/C15H18F3NO/c16-15(17,18)12-3-1-2-10(6-12)7-19-8-11-4-5-14(20)13(11)9-19/h1-3,6,11,13-14,20H,4-5,7-9H2/t11-,13+,14-/m0/s1. The Bertz CT molecular complexity index is 488. The van der Waals surface area contributed by atoms with E-state index in [9.17, 15) is 18.3 Å². The topological polar surface area (TPSA) is 23.5 Å². The molecule has 2 nitrogen and oxygen atoms in total. The largest absolute Gasteiger partial charge is 0.416 e. The molecule has 1 heterocycles. The van der Waals surface area contributed by atoms with E-state index >= 15 is 0 Å². The van der Waals surface area contributed by atoms with Crippen molar-refractivity contribution in [3.8, 4) is 0 Å². The summed E-state index contributed by atoms with van der Waals surface area (Å²) in [6.45, 7) is 2.21. The lowest BCUT2D eigenvalue weighted by Gasteiger charge is -2.18. The fourth-order valence-corrected chi connectivity index (χ4v) is 3.56. The maximum atomic E-state index is 12.7. The van der Waals surface area contributed by atoms with Gasteiger partial charge in [-0.25, -0.2) is 0 Å². The van der Waals surface area contributed by atoms with Crippen molar-refractivity contribution in [1.82, 2.24) is 4.90 Å². The Hall–Kier alpha value is -1.07.